The number of phenols is 1. The highest BCUT2D eigenvalue weighted by Gasteiger charge is 2.23. The second-order valence-electron chi connectivity index (χ2n) is 6.29. The van der Waals surface area contributed by atoms with E-state index in [0.717, 1.165) is 44.5 Å². The Labute approximate surface area is 155 Å². The number of nitrogens with one attached hydrogen (secondary N) is 1. The van der Waals surface area contributed by atoms with E-state index in [4.69, 9.17) is 9.47 Å². The lowest BCUT2D eigenvalue weighted by Crippen LogP contribution is -2.16. The molecular formula is C21H17NO3S. The summed E-state index contributed by atoms with van der Waals surface area (Å²) in [5.41, 5.74) is 2.84. The zero-order valence-electron chi connectivity index (χ0n) is 14.0. The summed E-state index contributed by atoms with van der Waals surface area (Å²) in [5.74, 6) is 2.44. The highest BCUT2D eigenvalue weighted by molar-refractivity contribution is 7.99. The van der Waals surface area contributed by atoms with Crippen molar-refractivity contribution in [3.8, 4) is 34.1 Å². The lowest BCUT2D eigenvalue weighted by atomic mass is 10.0. The van der Waals surface area contributed by atoms with Gasteiger partial charge in [0.05, 0.1) is 9.79 Å². The van der Waals surface area contributed by atoms with Crippen LogP contribution < -0.4 is 14.8 Å². The molecule has 3 aromatic rings. The van der Waals surface area contributed by atoms with Crippen molar-refractivity contribution in [2.24, 2.45) is 0 Å². The molecule has 2 heterocycles. The van der Waals surface area contributed by atoms with Crippen LogP contribution in [0.5, 0.6) is 23.0 Å². The van der Waals surface area contributed by atoms with E-state index in [9.17, 15) is 5.11 Å². The van der Waals surface area contributed by atoms with E-state index >= 15 is 0 Å². The number of benzene rings is 3. The maximum atomic E-state index is 10.5. The fourth-order valence-corrected chi connectivity index (χ4v) is 4.33. The molecule has 2 aliphatic rings. The Balaban J connectivity index is 1.63. The molecule has 0 spiro atoms. The Kier molecular flexibility index (Phi) is 3.76. The second-order valence-corrected chi connectivity index (χ2v) is 7.38. The van der Waals surface area contributed by atoms with Crippen LogP contribution in [0.2, 0.25) is 0 Å². The molecule has 5 heteroatoms. The number of para-hydroxylation sites is 2. The fraction of sp³-hybridized carbons (Fsp3) is 0.143. The van der Waals surface area contributed by atoms with Gasteiger partial charge in [-0.2, -0.15) is 0 Å². The van der Waals surface area contributed by atoms with Crippen LogP contribution in [0.1, 0.15) is 5.56 Å². The SMILES string of the molecule is Oc1cc(-c2cccc3c2Oc2ccccc2S3)cc2c1OCCNC2. The number of ether oxygens (including phenoxy) is 2. The third-order valence-electron chi connectivity index (χ3n) is 4.56. The van der Waals surface area contributed by atoms with Crippen LogP contribution in [0.3, 0.4) is 0 Å². The van der Waals surface area contributed by atoms with Crippen molar-refractivity contribution in [1.29, 1.82) is 0 Å². The van der Waals surface area contributed by atoms with Gasteiger partial charge in [-0.3, -0.25) is 0 Å². The quantitative estimate of drug-likeness (QED) is 0.509. The van der Waals surface area contributed by atoms with Gasteiger partial charge in [0.1, 0.15) is 18.1 Å². The number of fused-ring (bicyclic) bond motifs is 3. The Morgan fingerprint density at radius 2 is 1.85 bits per heavy atom. The Morgan fingerprint density at radius 1 is 0.962 bits per heavy atom. The number of aromatic hydroxyl groups is 1. The molecule has 0 bridgehead atoms. The highest BCUT2D eigenvalue weighted by Crippen LogP contribution is 2.51. The van der Waals surface area contributed by atoms with Gasteiger partial charge in [0.2, 0.25) is 0 Å². The summed E-state index contributed by atoms with van der Waals surface area (Å²) in [6.45, 7) is 1.99. The molecule has 0 atom stereocenters. The first-order valence-corrected chi connectivity index (χ1v) is 9.39. The average Bonchev–Trinajstić information content (AvgIpc) is 2.91. The third kappa shape index (κ3) is 2.60. The smallest absolute Gasteiger partial charge is 0.165 e. The summed E-state index contributed by atoms with van der Waals surface area (Å²) in [6.07, 6.45) is 0. The van der Waals surface area contributed by atoms with E-state index in [1.165, 1.54) is 0 Å². The molecule has 4 nitrogen and oxygen atoms in total. The van der Waals surface area contributed by atoms with Crippen LogP contribution >= 0.6 is 11.8 Å². The minimum absolute atomic E-state index is 0.169. The summed E-state index contributed by atoms with van der Waals surface area (Å²) in [6, 6.07) is 18.0. The maximum absolute atomic E-state index is 10.5. The van der Waals surface area contributed by atoms with Gasteiger partial charge in [-0.15, -0.1) is 0 Å². The van der Waals surface area contributed by atoms with Gasteiger partial charge in [-0.05, 0) is 35.9 Å². The van der Waals surface area contributed by atoms with E-state index in [0.29, 0.717) is 18.9 Å². The van der Waals surface area contributed by atoms with Gasteiger partial charge < -0.3 is 19.9 Å². The van der Waals surface area contributed by atoms with Crippen molar-refractivity contribution in [3.05, 3.63) is 60.2 Å². The summed E-state index contributed by atoms with van der Waals surface area (Å²) in [7, 11) is 0. The van der Waals surface area contributed by atoms with Crippen LogP contribution in [-0.4, -0.2) is 18.3 Å². The van der Waals surface area contributed by atoms with Crippen LogP contribution in [0.4, 0.5) is 0 Å². The van der Waals surface area contributed by atoms with Gasteiger partial charge in [0, 0.05) is 24.2 Å². The zero-order valence-corrected chi connectivity index (χ0v) is 14.8. The van der Waals surface area contributed by atoms with Gasteiger partial charge in [0.25, 0.3) is 0 Å². The highest BCUT2D eigenvalue weighted by atomic mass is 32.2. The largest absolute Gasteiger partial charge is 0.504 e. The van der Waals surface area contributed by atoms with Crippen LogP contribution in [0.15, 0.2) is 64.4 Å². The van der Waals surface area contributed by atoms with Crippen LogP contribution in [0, 0.1) is 0 Å². The second kappa shape index (κ2) is 6.27. The monoisotopic (exact) mass is 363 g/mol. The molecule has 0 saturated heterocycles. The van der Waals surface area contributed by atoms with Crippen molar-refractivity contribution in [2.45, 2.75) is 16.3 Å². The lowest BCUT2D eigenvalue weighted by molar-refractivity contribution is 0.307. The molecule has 0 unspecified atom stereocenters. The minimum Gasteiger partial charge on any atom is -0.504 e. The van der Waals surface area contributed by atoms with Gasteiger partial charge >= 0.3 is 0 Å². The molecule has 0 aliphatic carbocycles. The normalized spacial score (nSPS) is 14.9. The first-order valence-electron chi connectivity index (χ1n) is 8.57. The molecule has 26 heavy (non-hydrogen) atoms. The van der Waals surface area contributed by atoms with Crippen molar-refractivity contribution in [2.75, 3.05) is 13.2 Å². The topological polar surface area (TPSA) is 50.7 Å². The van der Waals surface area contributed by atoms with E-state index in [1.54, 1.807) is 17.8 Å². The standard InChI is InChI=1S/C21H17NO3S/c23-16-11-13(10-14-12-22-8-9-24-20(14)16)15-4-3-7-19-21(15)25-17-5-1-2-6-18(17)26-19/h1-7,10-11,22-23H,8-9,12H2. The molecular weight excluding hydrogens is 346 g/mol. The molecule has 2 N–H and O–H groups in total. The predicted molar refractivity (Wildman–Crippen MR) is 101 cm³/mol. The van der Waals surface area contributed by atoms with Crippen molar-refractivity contribution in [3.63, 3.8) is 0 Å². The molecule has 130 valence electrons. The molecule has 0 amide bonds. The van der Waals surface area contributed by atoms with E-state index in [1.807, 2.05) is 30.3 Å². The molecule has 0 aromatic heterocycles. The fourth-order valence-electron chi connectivity index (χ4n) is 3.35. The maximum Gasteiger partial charge on any atom is 0.165 e. The number of phenolic OH excluding ortho intramolecular Hbond substituents is 1. The third-order valence-corrected chi connectivity index (χ3v) is 5.66. The summed E-state index contributed by atoms with van der Waals surface area (Å²) < 4.78 is 11.9. The van der Waals surface area contributed by atoms with Crippen molar-refractivity contribution < 1.29 is 14.6 Å². The number of hydrogen-bond acceptors (Lipinski definition) is 5. The summed E-state index contributed by atoms with van der Waals surface area (Å²) in [4.78, 5) is 2.18. The van der Waals surface area contributed by atoms with Crippen LogP contribution in [-0.2, 0) is 6.54 Å². The predicted octanol–water partition coefficient (Wildman–Crippen LogP) is 4.80. The first-order chi connectivity index (χ1) is 12.8. The lowest BCUT2D eigenvalue weighted by Gasteiger charge is -2.22. The van der Waals surface area contributed by atoms with Gasteiger partial charge in [-0.25, -0.2) is 0 Å². The molecule has 3 aromatic carbocycles. The minimum atomic E-state index is 0.169. The van der Waals surface area contributed by atoms with Gasteiger partial charge in [0.15, 0.2) is 11.5 Å². The number of hydrogen-bond donors (Lipinski definition) is 2. The Morgan fingerprint density at radius 3 is 2.81 bits per heavy atom. The number of rotatable bonds is 1. The summed E-state index contributed by atoms with van der Waals surface area (Å²) >= 11 is 1.70. The zero-order chi connectivity index (χ0) is 17.5. The molecule has 2 aliphatic heterocycles. The molecule has 0 fully saturated rings. The van der Waals surface area contributed by atoms with Gasteiger partial charge in [-0.1, -0.05) is 36.0 Å². The average molecular weight is 363 g/mol. The Hall–Kier alpha value is -2.63. The van der Waals surface area contributed by atoms with Crippen molar-refractivity contribution in [1.82, 2.24) is 5.32 Å². The van der Waals surface area contributed by atoms with E-state index in [-0.39, 0.29) is 5.75 Å². The Bertz CT molecular complexity index is 1000. The van der Waals surface area contributed by atoms with Crippen LogP contribution in [0.25, 0.3) is 11.1 Å². The first kappa shape index (κ1) is 15.6. The van der Waals surface area contributed by atoms with E-state index < -0.39 is 0 Å². The summed E-state index contributed by atoms with van der Waals surface area (Å²) in [5, 5.41) is 13.8. The molecule has 0 radical (unpaired) electrons. The van der Waals surface area contributed by atoms with E-state index in [2.05, 4.69) is 23.5 Å². The molecule has 5 rings (SSSR count). The molecule has 0 saturated carbocycles. The van der Waals surface area contributed by atoms with Crippen molar-refractivity contribution >= 4 is 11.8 Å².